The highest BCUT2D eigenvalue weighted by molar-refractivity contribution is 5.89. The molecule has 6 fully saturated rings. The summed E-state index contributed by atoms with van der Waals surface area (Å²) in [6, 6.07) is 6.66. The van der Waals surface area contributed by atoms with Gasteiger partial charge in [-0.25, -0.2) is 4.79 Å². The molecule has 1 heterocycles. The second-order valence-corrected chi connectivity index (χ2v) is 14.6. The van der Waals surface area contributed by atoms with Crippen molar-refractivity contribution in [2.24, 2.45) is 34.5 Å². The predicted octanol–water partition coefficient (Wildman–Crippen LogP) is 2.72. The summed E-state index contributed by atoms with van der Waals surface area (Å²) in [6.45, 7) is 5.80. The van der Waals surface area contributed by atoms with Crippen LogP contribution in [-0.4, -0.2) is 119 Å². The summed E-state index contributed by atoms with van der Waals surface area (Å²) in [6.07, 6.45) is 0.142. The van der Waals surface area contributed by atoms with E-state index in [1.54, 1.807) is 59.8 Å². The molecule has 1 N–H and O–H groups in total. The van der Waals surface area contributed by atoms with Crippen molar-refractivity contribution >= 4 is 11.9 Å². The van der Waals surface area contributed by atoms with Crippen molar-refractivity contribution < 1.29 is 47.9 Å². The number of esters is 2. The van der Waals surface area contributed by atoms with Crippen molar-refractivity contribution in [2.75, 3.05) is 55.2 Å². The molecule has 13 atom stereocenters. The Bertz CT molecular complexity index is 1360. The highest BCUT2D eigenvalue weighted by Crippen LogP contribution is 2.80. The van der Waals surface area contributed by atoms with Crippen LogP contribution in [0, 0.1) is 34.5 Å². The van der Waals surface area contributed by atoms with E-state index in [9.17, 15) is 14.7 Å². The van der Waals surface area contributed by atoms with E-state index in [0.29, 0.717) is 24.3 Å². The summed E-state index contributed by atoms with van der Waals surface area (Å²) < 4.78 is 43.6. The molecule has 6 aliphatic rings. The van der Waals surface area contributed by atoms with E-state index in [1.165, 1.54) is 6.92 Å². The first kappa shape index (κ1) is 32.3. The number of aliphatic hydroxyl groups is 1. The summed E-state index contributed by atoms with van der Waals surface area (Å²) in [7, 11) is 8.44. The number of fused-ring (bicyclic) bond motifs is 2. The zero-order chi connectivity index (χ0) is 32.8. The molecule has 5 aliphatic carbocycles. The molecule has 1 spiro atoms. The van der Waals surface area contributed by atoms with Crippen LogP contribution in [0.4, 0.5) is 0 Å². The Morgan fingerprint density at radius 3 is 2.28 bits per heavy atom. The van der Waals surface area contributed by atoms with Gasteiger partial charge in [0.25, 0.3) is 0 Å². The maximum Gasteiger partial charge on any atom is 0.338 e. The lowest BCUT2D eigenvalue weighted by Crippen LogP contribution is -2.77. The third kappa shape index (κ3) is 3.87. The zero-order valence-corrected chi connectivity index (χ0v) is 28.0. The van der Waals surface area contributed by atoms with Gasteiger partial charge in [0, 0.05) is 83.0 Å². The number of methoxy groups -OCH3 is 5. The second-order valence-electron chi connectivity index (χ2n) is 14.6. The summed E-state index contributed by atoms with van der Waals surface area (Å²) in [5.74, 6) is -1.38. The minimum Gasteiger partial charge on any atom is -0.497 e. The number of benzene rings is 1. The quantitative estimate of drug-likeness (QED) is 0.379. The van der Waals surface area contributed by atoms with Crippen molar-refractivity contribution in [2.45, 2.75) is 81.2 Å². The number of piperidine rings is 1. The van der Waals surface area contributed by atoms with Gasteiger partial charge in [0.15, 0.2) is 0 Å². The number of hydrogen-bond donors (Lipinski definition) is 1. The molecule has 13 unspecified atom stereocenters. The summed E-state index contributed by atoms with van der Waals surface area (Å²) in [4.78, 5) is 29.7. The molecule has 0 aromatic heterocycles. The molecule has 7 rings (SSSR count). The van der Waals surface area contributed by atoms with Gasteiger partial charge in [-0.3, -0.25) is 9.69 Å². The Labute approximate surface area is 271 Å². The number of carbonyl (C=O) groups excluding carboxylic acids is 2. The van der Waals surface area contributed by atoms with E-state index < -0.39 is 46.7 Å². The zero-order valence-electron chi connectivity index (χ0n) is 28.0. The number of likely N-dealkylation sites (tertiary alicyclic amines) is 1. The van der Waals surface area contributed by atoms with Gasteiger partial charge in [-0.05, 0) is 56.0 Å². The molecule has 1 saturated heterocycles. The fourth-order valence-electron chi connectivity index (χ4n) is 12.4. The molecule has 11 heteroatoms. The molecule has 1 aromatic rings. The van der Waals surface area contributed by atoms with E-state index in [2.05, 4.69) is 11.8 Å². The SMILES string of the molecule is CCN1CC2(COC)CCC(OC)C34C5CC6(O)C(OC)CC(OC(C)=O)(C5C6OC(=O)c5ccc(OC)cc5)C(C(OC)C23)C14. The van der Waals surface area contributed by atoms with Crippen LogP contribution in [-0.2, 0) is 33.2 Å². The van der Waals surface area contributed by atoms with Crippen molar-refractivity contribution in [3.05, 3.63) is 29.8 Å². The molecule has 1 aromatic carbocycles. The van der Waals surface area contributed by atoms with Gasteiger partial charge in [0.1, 0.15) is 23.1 Å². The summed E-state index contributed by atoms with van der Waals surface area (Å²) in [5.41, 5.74) is -3.03. The first-order valence-electron chi connectivity index (χ1n) is 16.6. The van der Waals surface area contributed by atoms with Crippen LogP contribution in [0.2, 0.25) is 0 Å². The monoisotopic (exact) mass is 643 g/mol. The van der Waals surface area contributed by atoms with Crippen LogP contribution in [0.15, 0.2) is 24.3 Å². The van der Waals surface area contributed by atoms with Gasteiger partial charge >= 0.3 is 11.9 Å². The third-order valence-corrected chi connectivity index (χ3v) is 13.3. The number of ether oxygens (including phenoxy) is 7. The molecule has 0 radical (unpaired) electrons. The molecule has 11 nitrogen and oxygen atoms in total. The molecule has 7 bridgehead atoms. The Hall–Kier alpha value is -2.28. The minimum atomic E-state index is -1.51. The largest absolute Gasteiger partial charge is 0.497 e. The van der Waals surface area contributed by atoms with Crippen LogP contribution in [0.25, 0.3) is 0 Å². The van der Waals surface area contributed by atoms with Crippen molar-refractivity contribution in [3.8, 4) is 5.75 Å². The fraction of sp³-hybridized carbons (Fsp3) is 0.771. The molecule has 46 heavy (non-hydrogen) atoms. The van der Waals surface area contributed by atoms with Gasteiger partial charge in [0.2, 0.25) is 0 Å². The van der Waals surface area contributed by atoms with Crippen molar-refractivity contribution in [1.82, 2.24) is 4.90 Å². The summed E-state index contributed by atoms with van der Waals surface area (Å²) >= 11 is 0. The van der Waals surface area contributed by atoms with E-state index in [0.717, 1.165) is 25.9 Å². The van der Waals surface area contributed by atoms with E-state index in [4.69, 9.17) is 33.2 Å². The predicted molar refractivity (Wildman–Crippen MR) is 164 cm³/mol. The number of hydrogen-bond acceptors (Lipinski definition) is 11. The number of rotatable bonds is 10. The lowest BCUT2D eigenvalue weighted by atomic mass is 9.43. The second kappa shape index (κ2) is 11.1. The smallest absolute Gasteiger partial charge is 0.338 e. The standard InChI is InChI=1S/C35H49NO10/c1-8-36-17-32(18-40-3)14-13-23(42-5)35-22-15-33(39)24(43-6)16-34(46-19(2)37,26(29(35)36)27(44-7)28(32)35)25(22)30(33)45-31(38)20-9-11-21(41-4)12-10-20/h9-12,22-30,39H,8,13-18H2,1-7H3. The van der Waals surface area contributed by atoms with Crippen LogP contribution >= 0.6 is 0 Å². The van der Waals surface area contributed by atoms with Gasteiger partial charge in [0.05, 0.1) is 37.6 Å². The maximum absolute atomic E-state index is 13.9. The lowest BCUT2D eigenvalue weighted by Gasteiger charge is -2.69. The number of carbonyl (C=O) groups is 2. The average molecular weight is 644 g/mol. The Balaban J connectivity index is 1.46. The van der Waals surface area contributed by atoms with Crippen LogP contribution in [0.1, 0.15) is 49.9 Å². The lowest BCUT2D eigenvalue weighted by molar-refractivity contribution is -0.287. The molecular formula is C35H49NO10. The van der Waals surface area contributed by atoms with Gasteiger partial charge < -0.3 is 38.3 Å². The molecule has 0 amide bonds. The van der Waals surface area contributed by atoms with Gasteiger partial charge in [-0.2, -0.15) is 0 Å². The Morgan fingerprint density at radius 1 is 0.978 bits per heavy atom. The van der Waals surface area contributed by atoms with Crippen LogP contribution in [0.3, 0.4) is 0 Å². The topological polar surface area (TPSA) is 122 Å². The average Bonchev–Trinajstić information content (AvgIpc) is 3.42. The summed E-state index contributed by atoms with van der Waals surface area (Å²) in [5, 5.41) is 12.8. The maximum atomic E-state index is 13.9. The fourth-order valence-corrected chi connectivity index (χ4v) is 12.4. The van der Waals surface area contributed by atoms with E-state index >= 15 is 0 Å². The van der Waals surface area contributed by atoms with Crippen LogP contribution < -0.4 is 4.74 Å². The van der Waals surface area contributed by atoms with Gasteiger partial charge in [-0.15, -0.1) is 0 Å². The minimum absolute atomic E-state index is 0.00534. The van der Waals surface area contributed by atoms with Crippen LogP contribution in [0.5, 0.6) is 5.75 Å². The number of nitrogens with zero attached hydrogens (tertiary/aromatic N) is 1. The molecular weight excluding hydrogens is 594 g/mol. The molecule has 5 saturated carbocycles. The highest BCUT2D eigenvalue weighted by atomic mass is 16.6. The normalized spacial score (nSPS) is 46.6. The first-order valence-corrected chi connectivity index (χ1v) is 16.6. The van der Waals surface area contributed by atoms with Crippen molar-refractivity contribution in [3.63, 3.8) is 0 Å². The molecule has 1 aliphatic heterocycles. The highest BCUT2D eigenvalue weighted by Gasteiger charge is 2.89. The molecule has 254 valence electrons. The van der Waals surface area contributed by atoms with Crippen molar-refractivity contribution in [1.29, 1.82) is 0 Å². The Morgan fingerprint density at radius 2 is 1.70 bits per heavy atom. The first-order chi connectivity index (χ1) is 22.1. The van der Waals surface area contributed by atoms with E-state index in [1.807, 2.05) is 0 Å². The Kier molecular flexibility index (Phi) is 7.81. The van der Waals surface area contributed by atoms with E-state index in [-0.39, 0.29) is 47.8 Å². The third-order valence-electron chi connectivity index (χ3n) is 13.3. The van der Waals surface area contributed by atoms with Gasteiger partial charge in [-0.1, -0.05) is 6.92 Å².